The third kappa shape index (κ3) is 5.33. The number of carbonyl (C=O) groups excluding carboxylic acids is 1. The highest BCUT2D eigenvalue weighted by atomic mass is 16.5. The standard InChI is InChI=1S/C19H24N2O2/c1-4-16-7-9-17(10-8-16)15(3)21-19(22)20-13-23-18-11-5-14(2)6-12-18/h5-12,15H,4,13H2,1-3H3,(H2,20,21,22). The summed E-state index contributed by atoms with van der Waals surface area (Å²) in [5.41, 5.74) is 3.54. The number of urea groups is 1. The second kappa shape index (κ2) is 8.22. The molecule has 2 rings (SSSR count). The van der Waals surface area contributed by atoms with Crippen LogP contribution in [0.1, 0.15) is 36.6 Å². The normalized spacial score (nSPS) is 11.6. The van der Waals surface area contributed by atoms with Crippen molar-refractivity contribution in [3.05, 3.63) is 65.2 Å². The van der Waals surface area contributed by atoms with E-state index in [4.69, 9.17) is 4.74 Å². The van der Waals surface area contributed by atoms with Gasteiger partial charge in [-0.1, -0.05) is 48.9 Å². The summed E-state index contributed by atoms with van der Waals surface area (Å²) < 4.78 is 5.48. The molecule has 0 bridgehead atoms. The van der Waals surface area contributed by atoms with Gasteiger partial charge in [-0.25, -0.2) is 4.79 Å². The van der Waals surface area contributed by atoms with Gasteiger partial charge in [-0.05, 0) is 43.5 Å². The summed E-state index contributed by atoms with van der Waals surface area (Å²) in [4.78, 5) is 11.9. The Bertz CT molecular complexity index is 621. The molecule has 0 aromatic heterocycles. The van der Waals surface area contributed by atoms with E-state index in [1.807, 2.05) is 50.2 Å². The molecule has 4 heteroatoms. The van der Waals surface area contributed by atoms with E-state index in [9.17, 15) is 4.79 Å². The van der Waals surface area contributed by atoms with Crippen molar-refractivity contribution >= 4 is 6.03 Å². The molecule has 23 heavy (non-hydrogen) atoms. The number of hydrogen-bond donors (Lipinski definition) is 2. The van der Waals surface area contributed by atoms with Gasteiger partial charge in [0.25, 0.3) is 0 Å². The van der Waals surface area contributed by atoms with E-state index in [0.717, 1.165) is 17.7 Å². The largest absolute Gasteiger partial charge is 0.473 e. The fourth-order valence-corrected chi connectivity index (χ4v) is 2.19. The first kappa shape index (κ1) is 16.9. The zero-order valence-electron chi connectivity index (χ0n) is 13.9. The summed E-state index contributed by atoms with van der Waals surface area (Å²) in [6, 6.07) is 15.7. The van der Waals surface area contributed by atoms with Crippen LogP contribution in [-0.2, 0) is 6.42 Å². The molecule has 2 amide bonds. The van der Waals surface area contributed by atoms with Gasteiger partial charge in [0.1, 0.15) is 5.75 Å². The van der Waals surface area contributed by atoms with Crippen molar-refractivity contribution in [2.75, 3.05) is 6.73 Å². The minimum Gasteiger partial charge on any atom is -0.473 e. The molecule has 0 aliphatic heterocycles. The highest BCUT2D eigenvalue weighted by molar-refractivity contribution is 5.74. The van der Waals surface area contributed by atoms with Gasteiger partial charge in [0.2, 0.25) is 0 Å². The van der Waals surface area contributed by atoms with E-state index in [0.29, 0.717) is 0 Å². The van der Waals surface area contributed by atoms with Crippen LogP contribution in [0.4, 0.5) is 4.79 Å². The summed E-state index contributed by atoms with van der Waals surface area (Å²) in [6.45, 7) is 6.24. The van der Waals surface area contributed by atoms with E-state index in [2.05, 4.69) is 29.7 Å². The lowest BCUT2D eigenvalue weighted by atomic mass is 10.1. The van der Waals surface area contributed by atoms with Crippen LogP contribution in [-0.4, -0.2) is 12.8 Å². The van der Waals surface area contributed by atoms with Crippen LogP contribution in [0.2, 0.25) is 0 Å². The first-order valence-corrected chi connectivity index (χ1v) is 7.91. The average molecular weight is 312 g/mol. The molecule has 0 spiro atoms. The van der Waals surface area contributed by atoms with Crippen molar-refractivity contribution in [3.8, 4) is 5.75 Å². The van der Waals surface area contributed by atoms with Crippen LogP contribution >= 0.6 is 0 Å². The Kier molecular flexibility index (Phi) is 6.03. The average Bonchev–Trinajstić information content (AvgIpc) is 2.56. The van der Waals surface area contributed by atoms with Gasteiger partial charge in [-0.15, -0.1) is 0 Å². The Hall–Kier alpha value is -2.49. The third-order valence-corrected chi connectivity index (χ3v) is 3.73. The smallest absolute Gasteiger partial charge is 0.317 e. The summed E-state index contributed by atoms with van der Waals surface area (Å²) >= 11 is 0. The Morgan fingerprint density at radius 3 is 2.35 bits per heavy atom. The van der Waals surface area contributed by atoms with Crippen molar-refractivity contribution in [2.24, 2.45) is 0 Å². The zero-order chi connectivity index (χ0) is 16.7. The van der Waals surface area contributed by atoms with Crippen LogP contribution in [0.15, 0.2) is 48.5 Å². The molecule has 2 N–H and O–H groups in total. The van der Waals surface area contributed by atoms with Crippen molar-refractivity contribution in [1.82, 2.24) is 10.6 Å². The number of ether oxygens (including phenoxy) is 1. The monoisotopic (exact) mass is 312 g/mol. The Morgan fingerprint density at radius 1 is 1.09 bits per heavy atom. The maximum absolute atomic E-state index is 11.9. The minimum absolute atomic E-state index is 0.0553. The second-order valence-corrected chi connectivity index (χ2v) is 5.57. The number of aryl methyl sites for hydroxylation is 2. The van der Waals surface area contributed by atoms with Gasteiger partial charge in [-0.2, -0.15) is 0 Å². The lowest BCUT2D eigenvalue weighted by molar-refractivity contribution is 0.221. The zero-order valence-corrected chi connectivity index (χ0v) is 13.9. The van der Waals surface area contributed by atoms with Gasteiger partial charge in [0, 0.05) is 0 Å². The van der Waals surface area contributed by atoms with Gasteiger partial charge >= 0.3 is 6.03 Å². The topological polar surface area (TPSA) is 50.4 Å². The van der Waals surface area contributed by atoms with Crippen LogP contribution in [0, 0.1) is 6.92 Å². The van der Waals surface area contributed by atoms with Crippen LogP contribution in [0.5, 0.6) is 5.75 Å². The highest BCUT2D eigenvalue weighted by Gasteiger charge is 2.09. The van der Waals surface area contributed by atoms with Gasteiger partial charge in [-0.3, -0.25) is 0 Å². The minimum atomic E-state index is -0.246. The van der Waals surface area contributed by atoms with E-state index >= 15 is 0 Å². The third-order valence-electron chi connectivity index (χ3n) is 3.73. The quantitative estimate of drug-likeness (QED) is 0.793. The Balaban J connectivity index is 1.76. The van der Waals surface area contributed by atoms with E-state index < -0.39 is 0 Å². The van der Waals surface area contributed by atoms with Crippen LogP contribution in [0.25, 0.3) is 0 Å². The molecule has 122 valence electrons. The van der Waals surface area contributed by atoms with E-state index in [1.54, 1.807) is 0 Å². The summed E-state index contributed by atoms with van der Waals surface area (Å²) in [5.74, 6) is 0.735. The van der Waals surface area contributed by atoms with Crippen molar-refractivity contribution in [1.29, 1.82) is 0 Å². The maximum Gasteiger partial charge on any atom is 0.317 e. The molecule has 0 fully saturated rings. The molecule has 0 saturated carbocycles. The lowest BCUT2D eigenvalue weighted by Crippen LogP contribution is -2.38. The molecule has 4 nitrogen and oxygen atoms in total. The van der Waals surface area contributed by atoms with Crippen molar-refractivity contribution in [2.45, 2.75) is 33.2 Å². The Labute approximate surface area is 137 Å². The summed E-state index contributed by atoms with van der Waals surface area (Å²) in [6.07, 6.45) is 1.01. The molecule has 0 aliphatic carbocycles. The molecule has 0 radical (unpaired) electrons. The SMILES string of the molecule is CCc1ccc(C(C)NC(=O)NCOc2ccc(C)cc2)cc1. The molecule has 0 heterocycles. The van der Waals surface area contributed by atoms with Gasteiger partial charge < -0.3 is 15.4 Å². The molecule has 1 atom stereocenters. The van der Waals surface area contributed by atoms with Gasteiger partial charge in [0.05, 0.1) is 6.04 Å². The highest BCUT2D eigenvalue weighted by Crippen LogP contribution is 2.14. The lowest BCUT2D eigenvalue weighted by Gasteiger charge is -2.16. The number of carbonyl (C=O) groups is 1. The molecular formula is C19H24N2O2. The molecule has 0 saturated heterocycles. The predicted molar refractivity (Wildman–Crippen MR) is 92.6 cm³/mol. The number of hydrogen-bond acceptors (Lipinski definition) is 2. The second-order valence-electron chi connectivity index (χ2n) is 5.57. The summed E-state index contributed by atoms with van der Waals surface area (Å²) in [5, 5.41) is 5.60. The van der Waals surface area contributed by atoms with E-state index in [1.165, 1.54) is 11.1 Å². The molecular weight excluding hydrogens is 288 g/mol. The van der Waals surface area contributed by atoms with Crippen molar-refractivity contribution < 1.29 is 9.53 Å². The molecule has 1 unspecified atom stereocenters. The fraction of sp³-hybridized carbons (Fsp3) is 0.316. The van der Waals surface area contributed by atoms with Crippen molar-refractivity contribution in [3.63, 3.8) is 0 Å². The maximum atomic E-state index is 11.9. The first-order chi connectivity index (χ1) is 11.1. The van der Waals surface area contributed by atoms with E-state index in [-0.39, 0.29) is 18.8 Å². The number of rotatable bonds is 6. The Morgan fingerprint density at radius 2 is 1.74 bits per heavy atom. The predicted octanol–water partition coefficient (Wildman–Crippen LogP) is 3.95. The fourth-order valence-electron chi connectivity index (χ4n) is 2.19. The molecule has 0 aliphatic rings. The molecule has 2 aromatic rings. The molecule has 2 aromatic carbocycles. The van der Waals surface area contributed by atoms with Crippen LogP contribution in [0.3, 0.4) is 0 Å². The van der Waals surface area contributed by atoms with Crippen LogP contribution < -0.4 is 15.4 Å². The number of nitrogens with one attached hydrogen (secondary N) is 2. The first-order valence-electron chi connectivity index (χ1n) is 7.91. The number of benzene rings is 2. The summed E-state index contributed by atoms with van der Waals surface area (Å²) in [7, 11) is 0. The number of amides is 2. The van der Waals surface area contributed by atoms with Gasteiger partial charge in [0.15, 0.2) is 6.73 Å².